The molecule has 0 radical (unpaired) electrons. The van der Waals surface area contributed by atoms with E-state index < -0.39 is 6.09 Å². The molecule has 1 aliphatic carbocycles. The Hall–Kier alpha value is -0.770. The first-order valence-electron chi connectivity index (χ1n) is 5.29. The van der Waals surface area contributed by atoms with Crippen LogP contribution in [0.5, 0.6) is 0 Å². The predicted octanol–water partition coefficient (Wildman–Crippen LogP) is 1.41. The zero-order valence-electron chi connectivity index (χ0n) is 8.61. The van der Waals surface area contributed by atoms with E-state index in [1.165, 1.54) is 0 Å². The molecule has 1 aliphatic rings. The number of amides is 1. The van der Waals surface area contributed by atoms with Gasteiger partial charge in [0.05, 0.1) is 6.10 Å². The van der Waals surface area contributed by atoms with Gasteiger partial charge < -0.3 is 15.6 Å². The lowest BCUT2D eigenvalue weighted by Gasteiger charge is -2.33. The van der Waals surface area contributed by atoms with Gasteiger partial charge in [0.2, 0.25) is 0 Å². The van der Waals surface area contributed by atoms with Gasteiger partial charge in [0, 0.05) is 5.92 Å². The van der Waals surface area contributed by atoms with Crippen molar-refractivity contribution in [1.29, 1.82) is 0 Å². The van der Waals surface area contributed by atoms with Crippen LogP contribution in [-0.4, -0.2) is 23.4 Å². The lowest BCUT2D eigenvalue weighted by molar-refractivity contribution is -0.0210. The molecular formula is C10H19NO3. The van der Waals surface area contributed by atoms with Gasteiger partial charge in [0.25, 0.3) is 0 Å². The average Bonchev–Trinajstić information content (AvgIpc) is 2.16. The van der Waals surface area contributed by atoms with Gasteiger partial charge in [-0.15, -0.1) is 0 Å². The molecule has 0 aromatic rings. The van der Waals surface area contributed by atoms with Gasteiger partial charge in [-0.1, -0.05) is 13.3 Å². The van der Waals surface area contributed by atoms with E-state index in [1.807, 2.05) is 6.92 Å². The molecule has 0 spiro atoms. The van der Waals surface area contributed by atoms with Crippen LogP contribution >= 0.6 is 0 Å². The van der Waals surface area contributed by atoms with Gasteiger partial charge in [-0.25, -0.2) is 4.79 Å². The zero-order chi connectivity index (χ0) is 10.6. The number of carbonyl (C=O) groups excluding carboxylic acids is 1. The summed E-state index contributed by atoms with van der Waals surface area (Å²) in [6.45, 7) is 1.93. The average molecular weight is 201 g/mol. The number of nitrogens with two attached hydrogens (primary N) is 1. The molecule has 4 heteroatoms. The molecule has 0 saturated heterocycles. The summed E-state index contributed by atoms with van der Waals surface area (Å²) in [7, 11) is 0. The quantitative estimate of drug-likeness (QED) is 0.725. The van der Waals surface area contributed by atoms with Gasteiger partial charge in [-0.05, 0) is 25.7 Å². The minimum absolute atomic E-state index is 0.0706. The van der Waals surface area contributed by atoms with Crippen molar-refractivity contribution in [3.05, 3.63) is 0 Å². The molecule has 0 aromatic heterocycles. The Kier molecular flexibility index (Phi) is 4.20. The lowest BCUT2D eigenvalue weighted by atomic mass is 9.82. The highest BCUT2D eigenvalue weighted by atomic mass is 16.6. The summed E-state index contributed by atoms with van der Waals surface area (Å²) in [5.41, 5.74) is 4.98. The Morgan fingerprint density at radius 3 is 2.79 bits per heavy atom. The third kappa shape index (κ3) is 2.87. The second-order valence-corrected chi connectivity index (χ2v) is 3.90. The Balaban J connectivity index is 2.54. The van der Waals surface area contributed by atoms with Crippen LogP contribution in [0.1, 0.15) is 39.0 Å². The summed E-state index contributed by atoms with van der Waals surface area (Å²) in [6, 6.07) is 0. The summed E-state index contributed by atoms with van der Waals surface area (Å²) < 4.78 is 5.01. The maximum Gasteiger partial charge on any atom is 0.404 e. The first-order chi connectivity index (χ1) is 6.65. The fourth-order valence-corrected chi connectivity index (χ4v) is 2.16. The Bertz CT molecular complexity index is 196. The standard InChI is InChI=1S/C10H19NO3/c1-2-8(12)7-5-3-4-6-9(7)14-10(11)13/h7-9,12H,2-6H2,1H3,(H2,11,13)/t7-,8?,9?/m1/s1. The molecule has 1 saturated carbocycles. The molecule has 1 amide bonds. The van der Waals surface area contributed by atoms with Gasteiger partial charge in [0.15, 0.2) is 0 Å². The third-order valence-corrected chi connectivity index (χ3v) is 2.93. The molecule has 3 N–H and O–H groups in total. The number of primary amides is 1. The highest BCUT2D eigenvalue weighted by Crippen LogP contribution is 2.30. The van der Waals surface area contributed by atoms with Crippen molar-refractivity contribution in [1.82, 2.24) is 0 Å². The fraction of sp³-hybridized carbons (Fsp3) is 0.900. The highest BCUT2D eigenvalue weighted by Gasteiger charge is 2.32. The molecule has 4 nitrogen and oxygen atoms in total. The number of ether oxygens (including phenoxy) is 1. The Morgan fingerprint density at radius 2 is 2.21 bits per heavy atom. The first kappa shape index (κ1) is 11.3. The van der Waals surface area contributed by atoms with E-state index in [0.29, 0.717) is 6.42 Å². The minimum atomic E-state index is -0.731. The predicted molar refractivity (Wildman–Crippen MR) is 52.7 cm³/mol. The molecule has 1 fully saturated rings. The molecule has 0 heterocycles. The molecule has 14 heavy (non-hydrogen) atoms. The summed E-state index contributed by atoms with van der Waals surface area (Å²) in [4.78, 5) is 10.6. The van der Waals surface area contributed by atoms with Gasteiger partial charge in [-0.3, -0.25) is 0 Å². The van der Waals surface area contributed by atoms with Crippen LogP contribution < -0.4 is 5.73 Å². The van der Waals surface area contributed by atoms with E-state index in [2.05, 4.69) is 0 Å². The van der Waals surface area contributed by atoms with Crippen LogP contribution in [0.3, 0.4) is 0 Å². The molecule has 1 rings (SSSR count). The maximum absolute atomic E-state index is 10.6. The van der Waals surface area contributed by atoms with E-state index in [9.17, 15) is 9.90 Å². The van der Waals surface area contributed by atoms with Gasteiger partial charge in [-0.2, -0.15) is 0 Å². The second kappa shape index (κ2) is 5.20. The monoisotopic (exact) mass is 201 g/mol. The zero-order valence-corrected chi connectivity index (χ0v) is 8.61. The van der Waals surface area contributed by atoms with E-state index >= 15 is 0 Å². The molecule has 0 bridgehead atoms. The van der Waals surface area contributed by atoms with E-state index in [4.69, 9.17) is 10.5 Å². The van der Waals surface area contributed by atoms with E-state index in [-0.39, 0.29) is 18.1 Å². The van der Waals surface area contributed by atoms with Crippen molar-refractivity contribution in [2.24, 2.45) is 11.7 Å². The van der Waals surface area contributed by atoms with Crippen molar-refractivity contribution >= 4 is 6.09 Å². The Labute approximate surface area is 84.4 Å². The van der Waals surface area contributed by atoms with Crippen LogP contribution in [0.15, 0.2) is 0 Å². The van der Waals surface area contributed by atoms with Crippen molar-refractivity contribution < 1.29 is 14.6 Å². The van der Waals surface area contributed by atoms with Crippen LogP contribution in [0.25, 0.3) is 0 Å². The summed E-state index contributed by atoms with van der Waals surface area (Å²) in [5, 5.41) is 9.73. The fourth-order valence-electron chi connectivity index (χ4n) is 2.16. The summed E-state index contributed by atoms with van der Waals surface area (Å²) in [6.07, 6.45) is 3.30. The van der Waals surface area contributed by atoms with Crippen LogP contribution in [0, 0.1) is 5.92 Å². The van der Waals surface area contributed by atoms with Crippen molar-refractivity contribution in [2.45, 2.75) is 51.2 Å². The van der Waals surface area contributed by atoms with E-state index in [1.54, 1.807) is 0 Å². The summed E-state index contributed by atoms with van der Waals surface area (Å²) in [5.74, 6) is 0.0706. The molecule has 0 aromatic carbocycles. The number of hydrogen-bond donors (Lipinski definition) is 2. The lowest BCUT2D eigenvalue weighted by Crippen LogP contribution is -2.38. The van der Waals surface area contributed by atoms with Crippen LogP contribution in [0.4, 0.5) is 4.79 Å². The number of aliphatic hydroxyl groups excluding tert-OH is 1. The van der Waals surface area contributed by atoms with Gasteiger partial charge in [0.1, 0.15) is 6.10 Å². The van der Waals surface area contributed by atoms with Crippen LogP contribution in [0.2, 0.25) is 0 Å². The number of rotatable bonds is 3. The third-order valence-electron chi connectivity index (χ3n) is 2.93. The summed E-state index contributed by atoms with van der Waals surface area (Å²) >= 11 is 0. The number of hydrogen-bond acceptors (Lipinski definition) is 3. The van der Waals surface area contributed by atoms with E-state index in [0.717, 1.165) is 25.7 Å². The topological polar surface area (TPSA) is 72.6 Å². The molecule has 2 unspecified atom stereocenters. The molecule has 82 valence electrons. The first-order valence-corrected chi connectivity index (χ1v) is 5.29. The Morgan fingerprint density at radius 1 is 1.57 bits per heavy atom. The minimum Gasteiger partial charge on any atom is -0.446 e. The SMILES string of the molecule is CCC(O)[C@H]1CCCCC1OC(N)=O. The van der Waals surface area contributed by atoms with Crippen LogP contribution in [-0.2, 0) is 4.74 Å². The molecule has 3 atom stereocenters. The smallest absolute Gasteiger partial charge is 0.404 e. The number of aliphatic hydroxyl groups is 1. The van der Waals surface area contributed by atoms with Crippen molar-refractivity contribution in [2.75, 3.05) is 0 Å². The highest BCUT2D eigenvalue weighted by molar-refractivity contribution is 5.64. The van der Waals surface area contributed by atoms with Crippen molar-refractivity contribution in [3.63, 3.8) is 0 Å². The van der Waals surface area contributed by atoms with Crippen molar-refractivity contribution in [3.8, 4) is 0 Å². The largest absolute Gasteiger partial charge is 0.446 e. The second-order valence-electron chi connectivity index (χ2n) is 3.90. The molecular weight excluding hydrogens is 182 g/mol. The normalized spacial score (nSPS) is 29.6. The number of carbonyl (C=O) groups is 1. The maximum atomic E-state index is 10.6. The molecule has 0 aliphatic heterocycles. The van der Waals surface area contributed by atoms with Gasteiger partial charge >= 0.3 is 6.09 Å².